The summed E-state index contributed by atoms with van der Waals surface area (Å²) in [6.45, 7) is 31.7. The first-order chi connectivity index (χ1) is 35.3. The lowest BCUT2D eigenvalue weighted by Crippen LogP contribution is -2.30. The maximum atomic E-state index is 12.6. The zero-order valence-electron chi connectivity index (χ0n) is 48.4. The monoisotopic (exact) mass is 1050 g/mol. The van der Waals surface area contributed by atoms with Crippen LogP contribution in [0.5, 0.6) is 0 Å². The zero-order valence-corrected chi connectivity index (χ0v) is 48.4. The fraction of sp³-hybridized carbons (Fsp3) is 0.600. The molecule has 418 valence electrons. The van der Waals surface area contributed by atoms with E-state index in [2.05, 4.69) is 101 Å². The van der Waals surface area contributed by atoms with Gasteiger partial charge in [-0.15, -0.1) is 0 Å². The zero-order chi connectivity index (χ0) is 56.7. The van der Waals surface area contributed by atoms with Crippen molar-refractivity contribution in [2.75, 3.05) is 59.3 Å². The molecule has 4 aliphatic rings. The normalized spacial score (nSPS) is 21.0. The summed E-state index contributed by atoms with van der Waals surface area (Å²) in [5.41, 5.74) is 6.49. The molecule has 0 aromatic heterocycles. The van der Waals surface area contributed by atoms with Crippen molar-refractivity contribution in [2.45, 2.75) is 183 Å². The van der Waals surface area contributed by atoms with Gasteiger partial charge in [-0.2, -0.15) is 0 Å². The summed E-state index contributed by atoms with van der Waals surface area (Å²) in [7, 11) is 2.97. The lowest BCUT2D eigenvalue weighted by molar-refractivity contribution is -0.125. The molecule has 2 heterocycles. The van der Waals surface area contributed by atoms with Crippen molar-refractivity contribution < 1.29 is 47.7 Å². The van der Waals surface area contributed by atoms with E-state index < -0.39 is 24.4 Å². The molecule has 16 heteroatoms. The van der Waals surface area contributed by atoms with Crippen molar-refractivity contribution in [2.24, 2.45) is 22.7 Å². The molecule has 16 nitrogen and oxygen atoms in total. The molecule has 2 saturated heterocycles. The van der Waals surface area contributed by atoms with Crippen molar-refractivity contribution >= 4 is 69.6 Å². The number of rotatable bonds is 14. The lowest BCUT2D eigenvalue weighted by atomic mass is 9.84. The Hall–Kier alpha value is -5.68. The summed E-state index contributed by atoms with van der Waals surface area (Å²) >= 11 is 0. The summed E-state index contributed by atoms with van der Waals surface area (Å²) in [6, 6.07) is 16.8. The number of hydrogen-bond acceptors (Lipinski definition) is 10. The molecule has 3 aromatic carbocycles. The minimum atomic E-state index is -0.565. The Bertz CT molecular complexity index is 2340. The van der Waals surface area contributed by atoms with E-state index in [4.69, 9.17) is 18.9 Å². The van der Waals surface area contributed by atoms with Crippen LogP contribution in [0.2, 0.25) is 0 Å². The topological polar surface area (TPSA) is 212 Å². The third-order valence-electron chi connectivity index (χ3n) is 14.5. The molecule has 4 fully saturated rings. The minimum Gasteiger partial charge on any atom is -0.372 e. The second-order valence-corrected chi connectivity index (χ2v) is 25.1. The Morgan fingerprint density at radius 3 is 0.934 bits per heavy atom. The molecule has 3 aromatic rings. The van der Waals surface area contributed by atoms with E-state index in [0.29, 0.717) is 36.0 Å². The van der Waals surface area contributed by atoms with E-state index in [-0.39, 0.29) is 74.4 Å². The first-order valence-electron chi connectivity index (χ1n) is 26.8. The molecule has 76 heavy (non-hydrogen) atoms. The molecular weight excluding hydrogens is 965 g/mol. The summed E-state index contributed by atoms with van der Waals surface area (Å²) in [4.78, 5) is 74.5. The standard InChI is InChI=1S/C22H32N2O2.C20H28N2O4.C18H28N2O4/c1-20(2,3)17-15(23-18(25)13-11-21(13,4)5)9-8-10-16(17)24-19(26)14-12-22(14,6)7;1-20(2,3)17-13(21-18(23)15-9-5-11-25-15)7-4-8-14(17)22-19(24)16-10-6-12-26-16;1-11(23-6)16(21)19-13-9-8-10-14(15(13)18(3,4)5)20-17(22)12(2)24-7/h8-10,13-14H,11-12H2,1-7H3,(H,23,25)(H,24,26);4,7-8,15-16H,5-6,9-12H2,1-3H3,(H,21,23)(H,22,24);8-12H,1-7H3,(H,19,21)(H,20,22). The van der Waals surface area contributed by atoms with E-state index in [1.54, 1.807) is 19.9 Å². The highest BCUT2D eigenvalue weighted by Crippen LogP contribution is 2.53. The molecule has 6 amide bonds. The Labute approximate surface area is 452 Å². The second kappa shape index (κ2) is 24.8. The molecule has 2 saturated carbocycles. The number of ether oxygens (including phenoxy) is 4. The van der Waals surface area contributed by atoms with Crippen LogP contribution in [0.3, 0.4) is 0 Å². The van der Waals surface area contributed by atoms with Crippen LogP contribution >= 0.6 is 0 Å². The number of amides is 6. The van der Waals surface area contributed by atoms with Gasteiger partial charge in [-0.05, 0) is 116 Å². The van der Waals surface area contributed by atoms with Gasteiger partial charge in [-0.3, -0.25) is 28.8 Å². The smallest absolute Gasteiger partial charge is 0.253 e. The van der Waals surface area contributed by atoms with Crippen LogP contribution < -0.4 is 31.9 Å². The number of anilines is 6. The van der Waals surface area contributed by atoms with E-state index >= 15 is 0 Å². The Balaban J connectivity index is 0.000000211. The highest BCUT2D eigenvalue weighted by Gasteiger charge is 2.52. The molecule has 2 aliphatic heterocycles. The van der Waals surface area contributed by atoms with Gasteiger partial charge in [0.1, 0.15) is 24.4 Å². The molecule has 7 rings (SSSR count). The van der Waals surface area contributed by atoms with Gasteiger partial charge < -0.3 is 50.8 Å². The maximum absolute atomic E-state index is 12.6. The van der Waals surface area contributed by atoms with Crippen molar-refractivity contribution in [3.8, 4) is 0 Å². The Kier molecular flexibility index (Phi) is 19.9. The first-order valence-corrected chi connectivity index (χ1v) is 26.8. The average molecular weight is 1050 g/mol. The fourth-order valence-electron chi connectivity index (χ4n) is 9.65. The van der Waals surface area contributed by atoms with Crippen molar-refractivity contribution in [1.29, 1.82) is 0 Å². The Morgan fingerprint density at radius 1 is 0.474 bits per heavy atom. The minimum absolute atomic E-state index is 0.0702. The number of nitrogens with one attached hydrogen (secondary N) is 6. The molecule has 0 radical (unpaired) electrons. The van der Waals surface area contributed by atoms with Crippen LogP contribution in [0.25, 0.3) is 0 Å². The van der Waals surface area contributed by atoms with E-state index in [0.717, 1.165) is 66.6 Å². The van der Waals surface area contributed by atoms with Crippen molar-refractivity contribution in [1.82, 2.24) is 0 Å². The van der Waals surface area contributed by atoms with Crippen LogP contribution in [-0.2, 0) is 64.0 Å². The average Bonchev–Trinajstić information content (AvgIpc) is 3.82. The number of hydrogen-bond donors (Lipinski definition) is 6. The van der Waals surface area contributed by atoms with Gasteiger partial charge in [-0.25, -0.2) is 0 Å². The summed E-state index contributed by atoms with van der Waals surface area (Å²) < 4.78 is 21.1. The number of carbonyl (C=O) groups excluding carboxylic acids is 6. The van der Waals surface area contributed by atoms with Gasteiger partial charge in [0.05, 0.1) is 0 Å². The first kappa shape index (κ1) is 61.2. The number of carbonyl (C=O) groups is 6. The van der Waals surface area contributed by atoms with Crippen molar-refractivity contribution in [3.05, 3.63) is 71.3 Å². The molecule has 6 atom stereocenters. The van der Waals surface area contributed by atoms with E-state index in [9.17, 15) is 28.8 Å². The number of benzene rings is 3. The molecule has 2 aliphatic carbocycles. The van der Waals surface area contributed by atoms with Gasteiger partial charge in [0.25, 0.3) is 23.6 Å². The summed E-state index contributed by atoms with van der Waals surface area (Å²) in [5.74, 6) is -0.444. The lowest BCUT2D eigenvalue weighted by Gasteiger charge is -2.27. The molecule has 0 spiro atoms. The van der Waals surface area contributed by atoms with Crippen LogP contribution in [0.1, 0.15) is 159 Å². The predicted molar refractivity (Wildman–Crippen MR) is 302 cm³/mol. The predicted octanol–water partition coefficient (Wildman–Crippen LogP) is 11.1. The molecule has 6 N–H and O–H groups in total. The van der Waals surface area contributed by atoms with Gasteiger partial charge in [0.2, 0.25) is 11.8 Å². The van der Waals surface area contributed by atoms with Crippen LogP contribution in [0.4, 0.5) is 34.1 Å². The largest absolute Gasteiger partial charge is 0.372 e. The highest BCUT2D eigenvalue weighted by molar-refractivity contribution is 6.02. The molecular formula is C60H88N6O10. The second-order valence-electron chi connectivity index (χ2n) is 25.1. The summed E-state index contributed by atoms with van der Waals surface area (Å²) in [6.07, 6.45) is 3.23. The molecule has 0 bridgehead atoms. The van der Waals surface area contributed by atoms with Crippen LogP contribution in [0, 0.1) is 22.7 Å². The van der Waals surface area contributed by atoms with Gasteiger partial charge in [0, 0.05) is 90.1 Å². The maximum Gasteiger partial charge on any atom is 0.253 e. The van der Waals surface area contributed by atoms with Gasteiger partial charge >= 0.3 is 0 Å². The third kappa shape index (κ3) is 16.2. The van der Waals surface area contributed by atoms with E-state index in [1.807, 2.05) is 69.3 Å². The van der Waals surface area contributed by atoms with Crippen LogP contribution in [0.15, 0.2) is 54.6 Å². The summed E-state index contributed by atoms with van der Waals surface area (Å²) in [5, 5.41) is 18.0. The third-order valence-corrected chi connectivity index (χ3v) is 14.5. The van der Waals surface area contributed by atoms with Crippen LogP contribution in [-0.4, -0.2) is 87.3 Å². The van der Waals surface area contributed by atoms with E-state index in [1.165, 1.54) is 14.2 Å². The fourth-order valence-corrected chi connectivity index (χ4v) is 9.65. The Morgan fingerprint density at radius 2 is 0.724 bits per heavy atom. The van der Waals surface area contributed by atoms with Crippen molar-refractivity contribution in [3.63, 3.8) is 0 Å². The SMILES string of the molecule is CC(C)(C)c1c(NC(=O)C2CC2(C)C)cccc1NC(=O)C1CC1(C)C.CC(C)(C)c1c(NC(=O)C2CCCO2)cccc1NC(=O)C1CCCO1.COC(C)C(=O)Nc1cccc(NC(=O)C(C)OC)c1C(C)(C)C. The highest BCUT2D eigenvalue weighted by atomic mass is 16.5. The van der Waals surface area contributed by atoms with Gasteiger partial charge in [0.15, 0.2) is 0 Å². The van der Waals surface area contributed by atoms with Gasteiger partial charge in [-0.1, -0.05) is 108 Å². The number of methoxy groups -OCH3 is 2. The molecule has 6 unspecified atom stereocenters. The quantitative estimate of drug-likeness (QED) is 0.0899.